The van der Waals surface area contributed by atoms with E-state index in [0.29, 0.717) is 17.7 Å². The van der Waals surface area contributed by atoms with Crippen LogP contribution in [0.5, 0.6) is 0 Å². The first-order valence-electron chi connectivity index (χ1n) is 9.52. The van der Waals surface area contributed by atoms with Crippen molar-refractivity contribution in [1.29, 1.82) is 0 Å². The Hall–Kier alpha value is -1.44. The van der Waals surface area contributed by atoms with E-state index in [2.05, 4.69) is 16.7 Å². The van der Waals surface area contributed by atoms with Gasteiger partial charge in [-0.05, 0) is 44.0 Å². The molecule has 1 amide bonds. The zero-order valence-corrected chi connectivity index (χ0v) is 16.3. The fourth-order valence-corrected chi connectivity index (χ4v) is 4.94. The molecule has 0 atom stereocenters. The van der Waals surface area contributed by atoms with Crippen LogP contribution in [0.4, 0.5) is 0 Å². The Morgan fingerprint density at radius 2 is 1.69 bits per heavy atom. The van der Waals surface area contributed by atoms with Gasteiger partial charge in [-0.15, -0.1) is 0 Å². The second-order valence-corrected chi connectivity index (χ2v) is 9.14. The van der Waals surface area contributed by atoms with Crippen LogP contribution in [-0.2, 0) is 21.2 Å². The standard InChI is InChI=1S/C19H29N3O3S/c1-21-12-14-22(15-13-21)19(23)11-8-16-6-9-18(10-7-16)26(24,25)20-17-4-2-3-5-17/h6-7,9-10,17,20H,2-5,8,11-15H2,1H3. The van der Waals surface area contributed by atoms with E-state index in [9.17, 15) is 13.2 Å². The van der Waals surface area contributed by atoms with Crippen molar-refractivity contribution in [2.45, 2.75) is 49.5 Å². The van der Waals surface area contributed by atoms with Crippen LogP contribution in [0.2, 0.25) is 0 Å². The van der Waals surface area contributed by atoms with Crippen molar-refractivity contribution >= 4 is 15.9 Å². The molecule has 1 aliphatic carbocycles. The number of sulfonamides is 1. The average molecular weight is 380 g/mol. The maximum atomic E-state index is 12.4. The smallest absolute Gasteiger partial charge is 0.240 e. The van der Waals surface area contributed by atoms with Gasteiger partial charge in [0.2, 0.25) is 15.9 Å². The molecule has 1 aliphatic heterocycles. The first-order chi connectivity index (χ1) is 12.4. The van der Waals surface area contributed by atoms with E-state index in [0.717, 1.165) is 57.4 Å². The van der Waals surface area contributed by atoms with E-state index in [1.165, 1.54) is 0 Å². The van der Waals surface area contributed by atoms with Gasteiger partial charge in [0.1, 0.15) is 0 Å². The molecule has 7 heteroatoms. The molecule has 1 heterocycles. The number of carbonyl (C=O) groups is 1. The highest BCUT2D eigenvalue weighted by molar-refractivity contribution is 7.89. The predicted molar refractivity (Wildman–Crippen MR) is 101 cm³/mol. The van der Waals surface area contributed by atoms with Crippen LogP contribution < -0.4 is 4.72 Å². The Morgan fingerprint density at radius 1 is 1.08 bits per heavy atom. The van der Waals surface area contributed by atoms with Gasteiger partial charge in [-0.25, -0.2) is 13.1 Å². The van der Waals surface area contributed by atoms with Crippen molar-refractivity contribution in [2.24, 2.45) is 0 Å². The lowest BCUT2D eigenvalue weighted by molar-refractivity contribution is -0.132. The van der Waals surface area contributed by atoms with Crippen molar-refractivity contribution in [1.82, 2.24) is 14.5 Å². The summed E-state index contributed by atoms with van der Waals surface area (Å²) in [4.78, 5) is 16.7. The van der Waals surface area contributed by atoms with Crippen LogP contribution in [-0.4, -0.2) is 63.4 Å². The summed E-state index contributed by atoms with van der Waals surface area (Å²) < 4.78 is 27.6. The molecule has 1 saturated carbocycles. The molecule has 0 radical (unpaired) electrons. The Labute approximate surface area is 156 Å². The van der Waals surface area contributed by atoms with E-state index in [1.54, 1.807) is 12.1 Å². The van der Waals surface area contributed by atoms with E-state index in [1.807, 2.05) is 17.0 Å². The van der Waals surface area contributed by atoms with Crippen LogP contribution in [0.3, 0.4) is 0 Å². The van der Waals surface area contributed by atoms with Gasteiger partial charge in [-0.3, -0.25) is 4.79 Å². The quantitative estimate of drug-likeness (QED) is 0.815. The van der Waals surface area contributed by atoms with Crippen molar-refractivity contribution < 1.29 is 13.2 Å². The lowest BCUT2D eigenvalue weighted by Gasteiger charge is -2.32. The molecule has 2 aliphatic rings. The highest BCUT2D eigenvalue weighted by Gasteiger charge is 2.23. The molecule has 0 spiro atoms. The highest BCUT2D eigenvalue weighted by Crippen LogP contribution is 2.21. The molecular weight excluding hydrogens is 350 g/mol. The summed E-state index contributed by atoms with van der Waals surface area (Å²) in [7, 11) is -1.38. The largest absolute Gasteiger partial charge is 0.340 e. The number of aryl methyl sites for hydroxylation is 1. The van der Waals surface area contributed by atoms with Crippen LogP contribution in [0.1, 0.15) is 37.7 Å². The summed E-state index contributed by atoms with van der Waals surface area (Å²) >= 11 is 0. The lowest BCUT2D eigenvalue weighted by atomic mass is 10.1. The number of rotatable bonds is 6. The monoisotopic (exact) mass is 379 g/mol. The van der Waals surface area contributed by atoms with Crippen LogP contribution in [0.15, 0.2) is 29.2 Å². The van der Waals surface area contributed by atoms with E-state index >= 15 is 0 Å². The van der Waals surface area contributed by atoms with Gasteiger partial charge in [-0.2, -0.15) is 0 Å². The van der Waals surface area contributed by atoms with Gasteiger partial charge in [0, 0.05) is 38.6 Å². The number of amides is 1. The minimum absolute atomic E-state index is 0.0703. The SMILES string of the molecule is CN1CCN(C(=O)CCc2ccc(S(=O)(=O)NC3CCCC3)cc2)CC1. The molecule has 6 nitrogen and oxygen atoms in total. The summed E-state index contributed by atoms with van der Waals surface area (Å²) in [5, 5.41) is 0. The van der Waals surface area contributed by atoms with Gasteiger partial charge in [0.05, 0.1) is 4.90 Å². The molecule has 0 unspecified atom stereocenters. The molecule has 2 fully saturated rings. The maximum Gasteiger partial charge on any atom is 0.240 e. The number of hydrogen-bond acceptors (Lipinski definition) is 4. The molecule has 1 aromatic rings. The third-order valence-corrected chi connectivity index (χ3v) is 6.93. The Bertz CT molecular complexity index is 704. The Morgan fingerprint density at radius 3 is 2.31 bits per heavy atom. The molecule has 26 heavy (non-hydrogen) atoms. The molecular formula is C19H29N3O3S. The first-order valence-corrected chi connectivity index (χ1v) is 11.0. The van der Waals surface area contributed by atoms with Crippen LogP contribution >= 0.6 is 0 Å². The normalized spacial score (nSPS) is 19.8. The number of carbonyl (C=O) groups excluding carboxylic acids is 1. The fraction of sp³-hybridized carbons (Fsp3) is 0.632. The highest BCUT2D eigenvalue weighted by atomic mass is 32.2. The molecule has 1 aromatic carbocycles. The number of hydrogen-bond donors (Lipinski definition) is 1. The average Bonchev–Trinajstić information content (AvgIpc) is 3.13. The number of benzene rings is 1. The minimum atomic E-state index is -3.44. The van der Waals surface area contributed by atoms with Gasteiger partial charge in [-0.1, -0.05) is 25.0 Å². The molecule has 3 rings (SSSR count). The van der Waals surface area contributed by atoms with Crippen molar-refractivity contribution in [3.8, 4) is 0 Å². The van der Waals surface area contributed by atoms with Crippen molar-refractivity contribution in [3.05, 3.63) is 29.8 Å². The van der Waals surface area contributed by atoms with Crippen molar-refractivity contribution in [2.75, 3.05) is 33.2 Å². The van der Waals surface area contributed by atoms with E-state index in [-0.39, 0.29) is 11.9 Å². The Balaban J connectivity index is 1.51. The van der Waals surface area contributed by atoms with Crippen LogP contribution in [0, 0.1) is 0 Å². The van der Waals surface area contributed by atoms with Crippen LogP contribution in [0.25, 0.3) is 0 Å². The Kier molecular flexibility index (Phi) is 6.32. The third-order valence-electron chi connectivity index (χ3n) is 5.39. The van der Waals surface area contributed by atoms with E-state index in [4.69, 9.17) is 0 Å². The van der Waals surface area contributed by atoms with Gasteiger partial charge >= 0.3 is 0 Å². The van der Waals surface area contributed by atoms with Gasteiger partial charge < -0.3 is 9.80 Å². The predicted octanol–water partition coefficient (Wildman–Crippen LogP) is 1.61. The summed E-state index contributed by atoms with van der Waals surface area (Å²) in [5.74, 6) is 0.178. The number of nitrogens with one attached hydrogen (secondary N) is 1. The third kappa shape index (κ3) is 5.05. The molecule has 144 valence electrons. The van der Waals surface area contributed by atoms with Gasteiger partial charge in [0.25, 0.3) is 0 Å². The number of piperazine rings is 1. The summed E-state index contributed by atoms with van der Waals surface area (Å²) in [6, 6.07) is 7.00. The fourth-order valence-electron chi connectivity index (χ4n) is 3.63. The van der Waals surface area contributed by atoms with Crippen molar-refractivity contribution in [3.63, 3.8) is 0 Å². The zero-order chi connectivity index (χ0) is 18.6. The maximum absolute atomic E-state index is 12.4. The number of likely N-dealkylation sites (N-methyl/N-ethyl adjacent to an activating group) is 1. The second-order valence-electron chi connectivity index (χ2n) is 7.43. The van der Waals surface area contributed by atoms with Gasteiger partial charge in [0.15, 0.2) is 0 Å². The number of nitrogens with zero attached hydrogens (tertiary/aromatic N) is 2. The topological polar surface area (TPSA) is 69.7 Å². The molecule has 1 N–H and O–H groups in total. The zero-order valence-electron chi connectivity index (χ0n) is 15.5. The lowest BCUT2D eigenvalue weighted by Crippen LogP contribution is -2.47. The molecule has 1 saturated heterocycles. The van der Waals surface area contributed by atoms with E-state index < -0.39 is 10.0 Å². The molecule has 0 aromatic heterocycles. The second kappa shape index (κ2) is 8.50. The minimum Gasteiger partial charge on any atom is -0.340 e. The first kappa shape index (κ1) is 19.3. The summed E-state index contributed by atoms with van der Waals surface area (Å²) in [5.41, 5.74) is 0.993. The summed E-state index contributed by atoms with van der Waals surface area (Å²) in [6.45, 7) is 3.43. The molecule has 0 bridgehead atoms. The summed E-state index contributed by atoms with van der Waals surface area (Å²) in [6.07, 6.45) is 5.13.